The van der Waals surface area contributed by atoms with Gasteiger partial charge in [0.05, 0.1) is 17.5 Å². The van der Waals surface area contributed by atoms with Gasteiger partial charge in [0.15, 0.2) is 0 Å². The lowest BCUT2D eigenvalue weighted by atomic mass is 9.86. The van der Waals surface area contributed by atoms with Crippen LogP contribution in [0.2, 0.25) is 0 Å². The molecule has 2 aromatic rings. The number of ether oxygens (including phenoxy) is 1. The zero-order valence-corrected chi connectivity index (χ0v) is 12.8. The third-order valence-corrected chi connectivity index (χ3v) is 5.01. The fourth-order valence-corrected chi connectivity index (χ4v) is 3.80. The molecule has 2 heterocycles. The van der Waals surface area contributed by atoms with Crippen LogP contribution >= 0.6 is 11.3 Å². The van der Waals surface area contributed by atoms with Gasteiger partial charge in [0.25, 0.3) is 5.91 Å². The summed E-state index contributed by atoms with van der Waals surface area (Å²) in [5.74, 6) is -1.11. The first-order chi connectivity index (χ1) is 10.6. The van der Waals surface area contributed by atoms with Gasteiger partial charge in [-0.1, -0.05) is 18.2 Å². The second-order valence-electron chi connectivity index (χ2n) is 5.56. The van der Waals surface area contributed by atoms with Crippen molar-refractivity contribution in [1.82, 2.24) is 5.32 Å². The van der Waals surface area contributed by atoms with Gasteiger partial charge in [-0.25, -0.2) is 0 Å². The van der Waals surface area contributed by atoms with Crippen LogP contribution in [-0.2, 0) is 9.53 Å². The van der Waals surface area contributed by atoms with Crippen LogP contribution in [0.15, 0.2) is 29.6 Å². The SMILES string of the molecule is O=C(O)CC1(NC(=O)c2csc3ccccc23)CCOCC1. The third kappa shape index (κ3) is 2.98. The van der Waals surface area contributed by atoms with Crippen molar-refractivity contribution in [2.75, 3.05) is 13.2 Å². The maximum Gasteiger partial charge on any atom is 0.305 e. The fourth-order valence-electron chi connectivity index (χ4n) is 2.86. The van der Waals surface area contributed by atoms with E-state index in [4.69, 9.17) is 9.84 Å². The molecule has 6 heteroatoms. The molecule has 0 unspecified atom stereocenters. The Hall–Kier alpha value is -1.92. The predicted molar refractivity (Wildman–Crippen MR) is 84.3 cm³/mol. The number of nitrogens with one attached hydrogen (secondary N) is 1. The minimum atomic E-state index is -0.905. The molecule has 0 radical (unpaired) electrons. The molecular formula is C16H17NO4S. The molecule has 2 N–H and O–H groups in total. The van der Waals surface area contributed by atoms with Crippen molar-refractivity contribution in [3.63, 3.8) is 0 Å². The maximum absolute atomic E-state index is 12.6. The van der Waals surface area contributed by atoms with E-state index in [1.165, 1.54) is 11.3 Å². The molecule has 116 valence electrons. The number of rotatable bonds is 4. The van der Waals surface area contributed by atoms with Gasteiger partial charge in [-0.3, -0.25) is 9.59 Å². The van der Waals surface area contributed by atoms with Crippen LogP contribution in [0.4, 0.5) is 0 Å². The Morgan fingerprint density at radius 2 is 2.00 bits per heavy atom. The standard InChI is InChI=1S/C16H17NO4S/c18-14(19)9-16(5-7-21-8-6-16)17-15(20)12-10-22-13-4-2-1-3-11(12)13/h1-4,10H,5-9H2,(H,17,20)(H,18,19). The summed E-state index contributed by atoms with van der Waals surface area (Å²) in [6, 6.07) is 7.71. The van der Waals surface area contributed by atoms with Crippen molar-refractivity contribution in [1.29, 1.82) is 0 Å². The molecule has 0 saturated carbocycles. The molecule has 1 fully saturated rings. The number of benzene rings is 1. The van der Waals surface area contributed by atoms with E-state index in [1.54, 1.807) is 0 Å². The fraction of sp³-hybridized carbons (Fsp3) is 0.375. The number of hydrogen-bond donors (Lipinski definition) is 2. The Balaban J connectivity index is 1.86. The molecule has 0 aliphatic carbocycles. The lowest BCUT2D eigenvalue weighted by molar-refractivity contribution is -0.139. The molecule has 0 atom stereocenters. The average molecular weight is 319 g/mol. The summed E-state index contributed by atoms with van der Waals surface area (Å²) < 4.78 is 6.35. The average Bonchev–Trinajstić information content (AvgIpc) is 2.91. The van der Waals surface area contributed by atoms with Crippen LogP contribution in [0.25, 0.3) is 10.1 Å². The second-order valence-corrected chi connectivity index (χ2v) is 6.47. The van der Waals surface area contributed by atoms with Crippen molar-refractivity contribution < 1.29 is 19.4 Å². The Morgan fingerprint density at radius 3 is 2.73 bits per heavy atom. The molecule has 1 aliphatic rings. The van der Waals surface area contributed by atoms with Gasteiger partial charge in [-0.05, 0) is 18.9 Å². The van der Waals surface area contributed by atoms with Gasteiger partial charge in [0, 0.05) is 28.7 Å². The van der Waals surface area contributed by atoms with E-state index in [9.17, 15) is 9.59 Å². The van der Waals surface area contributed by atoms with E-state index in [-0.39, 0.29) is 12.3 Å². The van der Waals surface area contributed by atoms with Crippen molar-refractivity contribution in [3.8, 4) is 0 Å². The number of carboxylic acids is 1. The molecule has 1 amide bonds. The number of thiophene rings is 1. The van der Waals surface area contributed by atoms with E-state index in [0.717, 1.165) is 10.1 Å². The van der Waals surface area contributed by atoms with Gasteiger partial charge in [0.2, 0.25) is 0 Å². The molecule has 22 heavy (non-hydrogen) atoms. The minimum Gasteiger partial charge on any atom is -0.481 e. The van der Waals surface area contributed by atoms with Crippen molar-refractivity contribution >= 4 is 33.3 Å². The Kier molecular flexibility index (Phi) is 4.13. The quantitative estimate of drug-likeness (QED) is 0.908. The highest BCUT2D eigenvalue weighted by molar-refractivity contribution is 7.17. The number of carboxylic acid groups (broad SMARTS) is 1. The smallest absolute Gasteiger partial charge is 0.305 e. The van der Waals surface area contributed by atoms with Gasteiger partial charge in [-0.2, -0.15) is 0 Å². The predicted octanol–water partition coefficient (Wildman–Crippen LogP) is 2.66. The van der Waals surface area contributed by atoms with E-state index in [2.05, 4.69) is 5.32 Å². The van der Waals surface area contributed by atoms with Crippen LogP contribution in [0.3, 0.4) is 0 Å². The van der Waals surface area contributed by atoms with Crippen LogP contribution in [0.5, 0.6) is 0 Å². The maximum atomic E-state index is 12.6. The first kappa shape index (κ1) is 15.0. The van der Waals surface area contributed by atoms with Crippen molar-refractivity contribution in [2.45, 2.75) is 24.8 Å². The minimum absolute atomic E-state index is 0.0792. The first-order valence-corrected chi connectivity index (χ1v) is 8.06. The van der Waals surface area contributed by atoms with Gasteiger partial charge in [-0.15, -0.1) is 11.3 Å². The van der Waals surface area contributed by atoms with Crippen LogP contribution in [-0.4, -0.2) is 35.7 Å². The van der Waals surface area contributed by atoms with Crippen molar-refractivity contribution in [2.24, 2.45) is 0 Å². The lowest BCUT2D eigenvalue weighted by Crippen LogP contribution is -2.53. The normalized spacial score (nSPS) is 17.3. The molecule has 1 saturated heterocycles. The number of fused-ring (bicyclic) bond motifs is 1. The Bertz CT molecular complexity index is 703. The summed E-state index contributed by atoms with van der Waals surface area (Å²) in [6.07, 6.45) is 0.963. The molecular weight excluding hydrogens is 302 g/mol. The summed E-state index contributed by atoms with van der Waals surface area (Å²) in [4.78, 5) is 23.8. The zero-order chi connectivity index (χ0) is 15.6. The van der Waals surface area contributed by atoms with Crippen molar-refractivity contribution in [3.05, 3.63) is 35.2 Å². The van der Waals surface area contributed by atoms with E-state index >= 15 is 0 Å². The number of aliphatic carboxylic acids is 1. The molecule has 1 aromatic carbocycles. The number of hydrogen-bond acceptors (Lipinski definition) is 4. The van der Waals surface area contributed by atoms with Crippen LogP contribution < -0.4 is 5.32 Å². The third-order valence-electron chi connectivity index (χ3n) is 4.04. The Morgan fingerprint density at radius 1 is 1.27 bits per heavy atom. The largest absolute Gasteiger partial charge is 0.481 e. The van der Waals surface area contributed by atoms with Crippen LogP contribution in [0, 0.1) is 0 Å². The summed E-state index contributed by atoms with van der Waals surface area (Å²) in [5.41, 5.74) is -0.110. The molecule has 1 aromatic heterocycles. The molecule has 1 aliphatic heterocycles. The monoisotopic (exact) mass is 319 g/mol. The van der Waals surface area contributed by atoms with E-state index in [0.29, 0.717) is 31.6 Å². The van der Waals surface area contributed by atoms with Gasteiger partial charge >= 0.3 is 5.97 Å². The molecule has 0 spiro atoms. The number of carbonyl (C=O) groups excluding carboxylic acids is 1. The molecule has 5 nitrogen and oxygen atoms in total. The zero-order valence-electron chi connectivity index (χ0n) is 12.0. The molecule has 0 bridgehead atoms. The number of amides is 1. The first-order valence-electron chi connectivity index (χ1n) is 7.18. The van der Waals surface area contributed by atoms with Gasteiger partial charge < -0.3 is 15.2 Å². The highest BCUT2D eigenvalue weighted by Crippen LogP contribution is 2.29. The van der Waals surface area contributed by atoms with E-state index in [1.807, 2.05) is 29.6 Å². The topological polar surface area (TPSA) is 75.6 Å². The second kappa shape index (κ2) is 6.06. The molecule has 3 rings (SSSR count). The highest BCUT2D eigenvalue weighted by atomic mass is 32.1. The summed E-state index contributed by atoms with van der Waals surface area (Å²) in [7, 11) is 0. The van der Waals surface area contributed by atoms with E-state index < -0.39 is 11.5 Å². The lowest BCUT2D eigenvalue weighted by Gasteiger charge is -2.36. The summed E-state index contributed by atoms with van der Waals surface area (Å²) >= 11 is 1.52. The highest BCUT2D eigenvalue weighted by Gasteiger charge is 2.37. The summed E-state index contributed by atoms with van der Waals surface area (Å²) in [6.45, 7) is 0.940. The Labute approximate surface area is 131 Å². The van der Waals surface area contributed by atoms with Crippen LogP contribution in [0.1, 0.15) is 29.6 Å². The number of carbonyl (C=O) groups is 2. The van der Waals surface area contributed by atoms with Gasteiger partial charge in [0.1, 0.15) is 0 Å². The summed E-state index contributed by atoms with van der Waals surface area (Å²) in [5, 5.41) is 14.9.